The molecule has 0 bridgehead atoms. The standard InChI is InChI=1S/C59H111NO13/c1-3-5-7-9-11-13-15-17-19-21-22-23-24-25-27-29-31-33-35-37-39-41-43-51(64)60-47(48(63)42-40-38-36-34-32-30-28-26-20-18-16-14-12-10-8-6-4-2)46-70-58-56(69)54(67)57(50(45-62)72-58)73-59-55(68)53(66)52(65)49(44-61)71-59/h32,34,40,42,47-50,52-59,61-63,65-69H,3-31,33,35-39,41,43-46H2,1-2H3,(H,60,64)/b34-32+,42-40+. The smallest absolute Gasteiger partial charge is 0.220 e. The van der Waals surface area contributed by atoms with Crippen molar-refractivity contribution in [1.82, 2.24) is 5.32 Å². The van der Waals surface area contributed by atoms with Crippen molar-refractivity contribution >= 4 is 5.91 Å². The highest BCUT2D eigenvalue weighted by Gasteiger charge is 2.51. The Morgan fingerprint density at radius 2 is 0.877 bits per heavy atom. The van der Waals surface area contributed by atoms with Crippen LogP contribution >= 0.6 is 0 Å². The van der Waals surface area contributed by atoms with Crippen LogP contribution in [0.5, 0.6) is 0 Å². The number of allylic oxidation sites excluding steroid dienone is 3. The third kappa shape index (κ3) is 31.5. The molecule has 2 heterocycles. The maximum absolute atomic E-state index is 13.3. The molecule has 9 N–H and O–H groups in total. The number of amides is 1. The van der Waals surface area contributed by atoms with Crippen LogP contribution in [0.25, 0.3) is 0 Å². The first-order valence-corrected chi connectivity index (χ1v) is 30.1. The van der Waals surface area contributed by atoms with Gasteiger partial charge >= 0.3 is 0 Å². The number of hydrogen-bond donors (Lipinski definition) is 9. The number of unbranched alkanes of at least 4 members (excludes halogenated alkanes) is 33. The zero-order valence-corrected chi connectivity index (χ0v) is 46.1. The average molecular weight is 1040 g/mol. The Bertz CT molecular complexity index is 1320. The summed E-state index contributed by atoms with van der Waals surface area (Å²) in [5.41, 5.74) is 0. The molecule has 2 saturated heterocycles. The van der Waals surface area contributed by atoms with E-state index in [2.05, 4.69) is 31.3 Å². The van der Waals surface area contributed by atoms with Crippen LogP contribution < -0.4 is 5.32 Å². The SMILES string of the molecule is CCCCCCCCCCCCC/C=C/CC/C=C/C(O)C(COC1OC(CO)C(OC2OC(CO)C(O)C(O)C2O)C(O)C1O)NC(=O)CCCCCCCCCCCCCCCCCCCCCCCC. The second-order valence-electron chi connectivity index (χ2n) is 21.5. The molecule has 0 radical (unpaired) electrons. The highest BCUT2D eigenvalue weighted by atomic mass is 16.7. The van der Waals surface area contributed by atoms with Crippen LogP contribution in [0.2, 0.25) is 0 Å². The van der Waals surface area contributed by atoms with E-state index in [1.54, 1.807) is 6.08 Å². The molecule has 0 aromatic carbocycles. The monoisotopic (exact) mass is 1040 g/mol. The molecule has 2 aliphatic rings. The summed E-state index contributed by atoms with van der Waals surface area (Å²) in [5.74, 6) is -0.245. The van der Waals surface area contributed by atoms with Gasteiger partial charge in [0.15, 0.2) is 12.6 Å². The minimum Gasteiger partial charge on any atom is -0.394 e. The van der Waals surface area contributed by atoms with E-state index in [9.17, 15) is 45.6 Å². The van der Waals surface area contributed by atoms with Crippen molar-refractivity contribution < 1.29 is 64.6 Å². The molecule has 0 saturated carbocycles. The fourth-order valence-electron chi connectivity index (χ4n) is 10.0. The summed E-state index contributed by atoms with van der Waals surface area (Å²) in [6, 6.07) is -0.927. The number of aliphatic hydroxyl groups is 8. The van der Waals surface area contributed by atoms with Crippen molar-refractivity contribution in [1.29, 1.82) is 0 Å². The first-order chi connectivity index (χ1) is 35.6. The van der Waals surface area contributed by atoms with Crippen molar-refractivity contribution in [2.24, 2.45) is 0 Å². The summed E-state index contributed by atoms with van der Waals surface area (Å²) in [5, 5.41) is 87.0. The number of nitrogens with one attached hydrogen (secondary N) is 1. The van der Waals surface area contributed by atoms with Gasteiger partial charge in [-0.1, -0.05) is 237 Å². The third-order valence-electron chi connectivity index (χ3n) is 14.9. The molecule has 0 aromatic heterocycles. The van der Waals surface area contributed by atoms with Gasteiger partial charge in [0.1, 0.15) is 48.8 Å². The van der Waals surface area contributed by atoms with Crippen LogP contribution in [0.15, 0.2) is 24.3 Å². The summed E-state index contributed by atoms with van der Waals surface area (Å²) in [7, 11) is 0. The van der Waals surface area contributed by atoms with E-state index < -0.39 is 86.8 Å². The first kappa shape index (κ1) is 67.6. The lowest BCUT2D eigenvalue weighted by molar-refractivity contribution is -0.359. The maximum Gasteiger partial charge on any atom is 0.220 e. The van der Waals surface area contributed by atoms with Crippen LogP contribution in [0.4, 0.5) is 0 Å². The molecule has 12 atom stereocenters. The second kappa shape index (κ2) is 45.5. The molecule has 1 amide bonds. The molecular formula is C59H111NO13. The molecule has 0 aliphatic carbocycles. The number of carbonyl (C=O) groups excluding carboxylic acids is 1. The highest BCUT2D eigenvalue weighted by Crippen LogP contribution is 2.30. The minimum atomic E-state index is -1.79. The zero-order chi connectivity index (χ0) is 53.2. The van der Waals surface area contributed by atoms with E-state index in [1.807, 2.05) is 6.08 Å². The number of ether oxygens (including phenoxy) is 4. The molecule has 0 spiro atoms. The third-order valence-corrected chi connectivity index (χ3v) is 14.9. The van der Waals surface area contributed by atoms with Gasteiger partial charge in [-0.05, 0) is 32.1 Å². The van der Waals surface area contributed by atoms with E-state index in [0.717, 1.165) is 32.1 Å². The van der Waals surface area contributed by atoms with Crippen LogP contribution in [-0.4, -0.2) is 140 Å². The lowest BCUT2D eigenvalue weighted by Gasteiger charge is -2.46. The van der Waals surface area contributed by atoms with Gasteiger partial charge in [0.2, 0.25) is 5.91 Å². The molecular weight excluding hydrogens is 931 g/mol. The minimum absolute atomic E-state index is 0.245. The lowest BCUT2D eigenvalue weighted by Crippen LogP contribution is -2.65. The molecule has 2 rings (SSSR count). The largest absolute Gasteiger partial charge is 0.394 e. The Kier molecular flexibility index (Phi) is 42.1. The fraction of sp³-hybridized carbons (Fsp3) is 0.915. The molecule has 0 aromatic rings. The number of aliphatic hydroxyl groups excluding tert-OH is 8. The Morgan fingerprint density at radius 1 is 0.479 bits per heavy atom. The second-order valence-corrected chi connectivity index (χ2v) is 21.5. The first-order valence-electron chi connectivity index (χ1n) is 30.1. The Morgan fingerprint density at radius 3 is 1.34 bits per heavy atom. The van der Waals surface area contributed by atoms with E-state index in [-0.39, 0.29) is 18.9 Å². The van der Waals surface area contributed by atoms with Gasteiger partial charge < -0.3 is 65.1 Å². The highest BCUT2D eigenvalue weighted by molar-refractivity contribution is 5.76. The lowest BCUT2D eigenvalue weighted by atomic mass is 9.97. The van der Waals surface area contributed by atoms with Gasteiger partial charge in [0, 0.05) is 6.42 Å². The predicted octanol–water partition coefficient (Wildman–Crippen LogP) is 10.1. The van der Waals surface area contributed by atoms with Gasteiger partial charge in [-0.3, -0.25) is 4.79 Å². The quantitative estimate of drug-likeness (QED) is 0.0204. The molecule has 2 fully saturated rings. The van der Waals surface area contributed by atoms with Crippen molar-refractivity contribution in [2.75, 3.05) is 19.8 Å². The Labute approximate surface area is 443 Å². The van der Waals surface area contributed by atoms with Crippen molar-refractivity contribution in [3.05, 3.63) is 24.3 Å². The molecule has 73 heavy (non-hydrogen) atoms. The summed E-state index contributed by atoms with van der Waals surface area (Å²) in [4.78, 5) is 13.3. The summed E-state index contributed by atoms with van der Waals surface area (Å²) in [6.07, 6.45) is 36.5. The van der Waals surface area contributed by atoms with Crippen molar-refractivity contribution in [2.45, 2.75) is 325 Å². The Balaban J connectivity index is 1.77. The van der Waals surface area contributed by atoms with E-state index in [1.165, 1.54) is 186 Å². The van der Waals surface area contributed by atoms with Gasteiger partial charge in [-0.15, -0.1) is 0 Å². The molecule has 14 heteroatoms. The van der Waals surface area contributed by atoms with Crippen LogP contribution in [0.1, 0.15) is 251 Å². The van der Waals surface area contributed by atoms with E-state index in [4.69, 9.17) is 18.9 Å². The van der Waals surface area contributed by atoms with Gasteiger partial charge in [-0.25, -0.2) is 0 Å². The fourth-order valence-corrected chi connectivity index (χ4v) is 10.0. The summed E-state index contributed by atoms with van der Waals surface area (Å²) >= 11 is 0. The predicted molar refractivity (Wildman–Crippen MR) is 291 cm³/mol. The zero-order valence-electron chi connectivity index (χ0n) is 46.1. The van der Waals surface area contributed by atoms with Gasteiger partial charge in [-0.2, -0.15) is 0 Å². The Hall–Kier alpha value is -1.53. The van der Waals surface area contributed by atoms with E-state index in [0.29, 0.717) is 12.8 Å². The average Bonchev–Trinajstić information content (AvgIpc) is 3.39. The number of rotatable bonds is 48. The molecule has 14 nitrogen and oxygen atoms in total. The van der Waals surface area contributed by atoms with Crippen molar-refractivity contribution in [3.8, 4) is 0 Å². The maximum atomic E-state index is 13.3. The summed E-state index contributed by atoms with van der Waals surface area (Å²) < 4.78 is 22.8. The van der Waals surface area contributed by atoms with Gasteiger partial charge in [0.25, 0.3) is 0 Å². The van der Waals surface area contributed by atoms with E-state index >= 15 is 0 Å². The van der Waals surface area contributed by atoms with Gasteiger partial charge in [0.05, 0.1) is 32.0 Å². The van der Waals surface area contributed by atoms with Crippen LogP contribution in [0.3, 0.4) is 0 Å². The normalized spacial score (nSPS) is 25.5. The van der Waals surface area contributed by atoms with Crippen molar-refractivity contribution in [3.63, 3.8) is 0 Å². The summed E-state index contributed by atoms with van der Waals surface area (Å²) in [6.45, 7) is 2.80. The number of hydrogen-bond acceptors (Lipinski definition) is 13. The topological polar surface area (TPSA) is 228 Å². The molecule has 430 valence electrons. The molecule has 12 unspecified atom stereocenters. The number of carbonyl (C=O) groups is 1. The van der Waals surface area contributed by atoms with Crippen LogP contribution in [-0.2, 0) is 23.7 Å². The molecule has 2 aliphatic heterocycles. The van der Waals surface area contributed by atoms with Crippen LogP contribution in [0, 0.1) is 0 Å².